The SMILES string of the molecule is CC(C)Cn1cnc2c1c(=O)n(CC(=O)Nc1ccc(C#N)cc1)c(=O)n2Cc1ccccc1. The number of anilines is 1. The number of amides is 1. The van der Waals surface area contributed by atoms with Gasteiger partial charge in [0.2, 0.25) is 5.91 Å². The fourth-order valence-corrected chi connectivity index (χ4v) is 3.79. The molecule has 0 aliphatic carbocycles. The van der Waals surface area contributed by atoms with E-state index in [0.717, 1.165) is 10.1 Å². The standard InChI is InChI=1S/C25H24N6O3/c1-17(2)13-29-16-27-23-22(29)24(33)31(25(34)30(23)14-19-6-4-3-5-7-19)15-21(32)28-20-10-8-18(12-26)9-11-20/h3-11,16-17H,13-15H2,1-2H3,(H,28,32). The molecule has 4 aromatic rings. The Morgan fingerprint density at radius 1 is 1.06 bits per heavy atom. The average molecular weight is 457 g/mol. The van der Waals surface area contributed by atoms with Crippen LogP contribution in [0.2, 0.25) is 0 Å². The summed E-state index contributed by atoms with van der Waals surface area (Å²) >= 11 is 0. The molecule has 0 saturated carbocycles. The van der Waals surface area contributed by atoms with E-state index in [1.807, 2.05) is 50.2 Å². The lowest BCUT2D eigenvalue weighted by molar-refractivity contribution is -0.116. The van der Waals surface area contributed by atoms with E-state index in [2.05, 4.69) is 10.3 Å². The molecule has 0 unspecified atom stereocenters. The van der Waals surface area contributed by atoms with Crippen molar-refractivity contribution < 1.29 is 4.79 Å². The number of imidazole rings is 1. The molecule has 34 heavy (non-hydrogen) atoms. The molecule has 0 aliphatic rings. The number of aromatic nitrogens is 4. The zero-order chi connectivity index (χ0) is 24.2. The molecular formula is C25H24N6O3. The van der Waals surface area contributed by atoms with Gasteiger partial charge in [-0.15, -0.1) is 0 Å². The Morgan fingerprint density at radius 2 is 1.76 bits per heavy atom. The first-order valence-electron chi connectivity index (χ1n) is 10.9. The number of carbonyl (C=O) groups excluding carboxylic acids is 1. The molecule has 0 bridgehead atoms. The molecule has 172 valence electrons. The van der Waals surface area contributed by atoms with Crippen molar-refractivity contribution in [3.8, 4) is 6.07 Å². The van der Waals surface area contributed by atoms with Crippen LogP contribution < -0.4 is 16.6 Å². The summed E-state index contributed by atoms with van der Waals surface area (Å²) in [6.07, 6.45) is 1.56. The van der Waals surface area contributed by atoms with Crippen molar-refractivity contribution in [1.29, 1.82) is 5.26 Å². The first-order chi connectivity index (χ1) is 16.4. The maximum Gasteiger partial charge on any atom is 0.333 e. The fraction of sp³-hybridized carbons (Fsp3) is 0.240. The number of carbonyl (C=O) groups is 1. The number of hydrogen-bond donors (Lipinski definition) is 1. The Kier molecular flexibility index (Phi) is 6.41. The number of fused-ring (bicyclic) bond motifs is 1. The summed E-state index contributed by atoms with van der Waals surface area (Å²) in [5.41, 5.74) is 1.22. The molecule has 0 radical (unpaired) electrons. The van der Waals surface area contributed by atoms with Gasteiger partial charge in [-0.1, -0.05) is 44.2 Å². The zero-order valence-electron chi connectivity index (χ0n) is 18.9. The predicted octanol–water partition coefficient (Wildman–Crippen LogP) is 2.57. The normalized spacial score (nSPS) is 11.0. The number of hydrogen-bond acceptors (Lipinski definition) is 5. The topological polar surface area (TPSA) is 115 Å². The van der Waals surface area contributed by atoms with Crippen LogP contribution in [0.3, 0.4) is 0 Å². The summed E-state index contributed by atoms with van der Waals surface area (Å²) in [6.45, 7) is 4.36. The van der Waals surface area contributed by atoms with Crippen LogP contribution in [0, 0.1) is 17.2 Å². The van der Waals surface area contributed by atoms with Gasteiger partial charge in [0, 0.05) is 12.2 Å². The number of nitrogens with one attached hydrogen (secondary N) is 1. The van der Waals surface area contributed by atoms with Crippen LogP contribution in [-0.2, 0) is 24.4 Å². The van der Waals surface area contributed by atoms with Crippen LogP contribution >= 0.6 is 0 Å². The van der Waals surface area contributed by atoms with Gasteiger partial charge >= 0.3 is 5.69 Å². The van der Waals surface area contributed by atoms with Crippen molar-refractivity contribution in [2.24, 2.45) is 5.92 Å². The van der Waals surface area contributed by atoms with Crippen molar-refractivity contribution in [3.63, 3.8) is 0 Å². The molecule has 0 aliphatic heterocycles. The highest BCUT2D eigenvalue weighted by Crippen LogP contribution is 2.12. The van der Waals surface area contributed by atoms with Crippen molar-refractivity contribution in [3.05, 3.63) is 92.9 Å². The number of nitriles is 1. The Morgan fingerprint density at radius 3 is 2.41 bits per heavy atom. The maximum absolute atomic E-state index is 13.4. The van der Waals surface area contributed by atoms with Gasteiger partial charge in [0.05, 0.1) is 24.5 Å². The molecule has 9 nitrogen and oxygen atoms in total. The maximum atomic E-state index is 13.4. The molecule has 0 fully saturated rings. The predicted molar refractivity (Wildman–Crippen MR) is 128 cm³/mol. The summed E-state index contributed by atoms with van der Waals surface area (Å²) in [5, 5.41) is 11.6. The minimum absolute atomic E-state index is 0.215. The van der Waals surface area contributed by atoms with Gasteiger partial charge in [-0.05, 0) is 35.7 Å². The zero-order valence-corrected chi connectivity index (χ0v) is 18.9. The molecule has 2 aromatic heterocycles. The molecule has 0 atom stereocenters. The number of nitrogens with zero attached hydrogens (tertiary/aromatic N) is 5. The van der Waals surface area contributed by atoms with E-state index >= 15 is 0 Å². The third-order valence-corrected chi connectivity index (χ3v) is 5.33. The summed E-state index contributed by atoms with van der Waals surface area (Å²) in [4.78, 5) is 43.9. The molecule has 0 spiro atoms. The number of benzene rings is 2. The first-order valence-corrected chi connectivity index (χ1v) is 10.9. The molecule has 1 N–H and O–H groups in total. The highest BCUT2D eigenvalue weighted by Gasteiger charge is 2.20. The molecule has 2 aromatic carbocycles. The van der Waals surface area contributed by atoms with Crippen LogP contribution in [-0.4, -0.2) is 24.6 Å². The van der Waals surface area contributed by atoms with Gasteiger partial charge in [0.25, 0.3) is 5.56 Å². The molecule has 9 heteroatoms. The van der Waals surface area contributed by atoms with Gasteiger partial charge < -0.3 is 9.88 Å². The van der Waals surface area contributed by atoms with Gasteiger partial charge in [0.15, 0.2) is 11.2 Å². The summed E-state index contributed by atoms with van der Waals surface area (Å²) in [6, 6.07) is 17.7. The summed E-state index contributed by atoms with van der Waals surface area (Å²) in [5.74, 6) is -0.274. The Hall–Kier alpha value is -4.45. The van der Waals surface area contributed by atoms with Crippen LogP contribution in [0.15, 0.2) is 70.5 Å². The van der Waals surface area contributed by atoms with Gasteiger partial charge in [-0.2, -0.15) is 5.26 Å². The van der Waals surface area contributed by atoms with Crippen molar-refractivity contribution in [2.45, 2.75) is 33.5 Å². The minimum Gasteiger partial charge on any atom is -0.325 e. The van der Waals surface area contributed by atoms with E-state index in [1.165, 1.54) is 4.57 Å². The van der Waals surface area contributed by atoms with E-state index in [9.17, 15) is 14.4 Å². The largest absolute Gasteiger partial charge is 0.333 e. The smallest absolute Gasteiger partial charge is 0.325 e. The van der Waals surface area contributed by atoms with E-state index in [-0.39, 0.29) is 18.0 Å². The molecular weight excluding hydrogens is 432 g/mol. The van der Waals surface area contributed by atoms with Crippen molar-refractivity contribution in [2.75, 3.05) is 5.32 Å². The monoisotopic (exact) mass is 456 g/mol. The summed E-state index contributed by atoms with van der Waals surface area (Å²) < 4.78 is 4.11. The van der Waals surface area contributed by atoms with Gasteiger partial charge in [-0.25, -0.2) is 14.3 Å². The Labute approximate surface area is 195 Å². The molecule has 4 rings (SSSR count). The lowest BCUT2D eigenvalue weighted by Gasteiger charge is -2.13. The quantitative estimate of drug-likeness (QED) is 0.459. The molecule has 1 amide bonds. The van der Waals surface area contributed by atoms with Gasteiger partial charge in [-0.3, -0.25) is 14.2 Å². The van der Waals surface area contributed by atoms with Crippen molar-refractivity contribution in [1.82, 2.24) is 18.7 Å². The van der Waals surface area contributed by atoms with E-state index in [1.54, 1.807) is 35.2 Å². The Balaban J connectivity index is 1.76. The summed E-state index contributed by atoms with van der Waals surface area (Å²) in [7, 11) is 0. The molecule has 2 heterocycles. The van der Waals surface area contributed by atoms with E-state index in [0.29, 0.717) is 23.4 Å². The second kappa shape index (κ2) is 9.58. The first kappa shape index (κ1) is 22.7. The van der Waals surface area contributed by atoms with Crippen molar-refractivity contribution >= 4 is 22.8 Å². The van der Waals surface area contributed by atoms with Crippen LogP contribution in [0.1, 0.15) is 25.0 Å². The molecule has 0 saturated heterocycles. The number of rotatable bonds is 7. The lowest BCUT2D eigenvalue weighted by Crippen LogP contribution is -2.43. The van der Waals surface area contributed by atoms with Crippen LogP contribution in [0.5, 0.6) is 0 Å². The highest BCUT2D eigenvalue weighted by molar-refractivity contribution is 5.90. The third-order valence-electron chi connectivity index (χ3n) is 5.33. The highest BCUT2D eigenvalue weighted by atomic mass is 16.2. The Bertz CT molecular complexity index is 1490. The van der Waals surface area contributed by atoms with Crippen LogP contribution in [0.25, 0.3) is 11.2 Å². The lowest BCUT2D eigenvalue weighted by atomic mass is 10.2. The van der Waals surface area contributed by atoms with E-state index < -0.39 is 23.7 Å². The second-order valence-corrected chi connectivity index (χ2v) is 8.45. The van der Waals surface area contributed by atoms with Crippen LogP contribution in [0.4, 0.5) is 5.69 Å². The third kappa shape index (κ3) is 4.66. The minimum atomic E-state index is -0.605. The second-order valence-electron chi connectivity index (χ2n) is 8.45. The van der Waals surface area contributed by atoms with E-state index in [4.69, 9.17) is 5.26 Å². The van der Waals surface area contributed by atoms with Gasteiger partial charge in [0.1, 0.15) is 6.54 Å². The average Bonchev–Trinajstić information content (AvgIpc) is 3.23. The fourth-order valence-electron chi connectivity index (χ4n) is 3.79.